The second-order valence-electron chi connectivity index (χ2n) is 4.66. The average Bonchev–Trinajstić information content (AvgIpc) is 2.53. The minimum atomic E-state index is -0.131. The molecule has 0 aliphatic rings. The lowest BCUT2D eigenvalue weighted by Crippen LogP contribution is -2.06. The Morgan fingerprint density at radius 1 is 1.10 bits per heavy atom. The molecule has 2 aromatic rings. The first-order valence-corrected chi connectivity index (χ1v) is 6.86. The number of ether oxygens (including phenoxy) is 2. The lowest BCUT2D eigenvalue weighted by Gasteiger charge is -2.08. The molecule has 0 bridgehead atoms. The molecule has 0 saturated heterocycles. The highest BCUT2D eigenvalue weighted by molar-refractivity contribution is 6.12. The summed E-state index contributed by atoms with van der Waals surface area (Å²) in [6.07, 6.45) is 0.945. The number of ketones is 1. The fourth-order valence-corrected chi connectivity index (χ4v) is 1.94. The molecule has 110 valence electrons. The molecule has 0 fully saturated rings. The van der Waals surface area contributed by atoms with Crippen molar-refractivity contribution in [3.63, 3.8) is 0 Å². The summed E-state index contributed by atoms with van der Waals surface area (Å²) in [5.74, 6) is 1.23. The molecule has 0 saturated carbocycles. The summed E-state index contributed by atoms with van der Waals surface area (Å²) in [6, 6.07) is 12.1. The smallest absolute Gasteiger partial charge is 0.195 e. The van der Waals surface area contributed by atoms with Crippen molar-refractivity contribution in [2.24, 2.45) is 0 Å². The van der Waals surface area contributed by atoms with Crippen molar-refractivity contribution >= 4 is 11.5 Å². The van der Waals surface area contributed by atoms with Gasteiger partial charge in [0.15, 0.2) is 5.78 Å². The van der Waals surface area contributed by atoms with Gasteiger partial charge < -0.3 is 15.2 Å². The summed E-state index contributed by atoms with van der Waals surface area (Å²) >= 11 is 0. The van der Waals surface area contributed by atoms with E-state index in [1.165, 1.54) is 0 Å². The molecule has 0 amide bonds. The first-order valence-electron chi connectivity index (χ1n) is 6.86. The van der Waals surface area contributed by atoms with Crippen molar-refractivity contribution in [1.82, 2.24) is 0 Å². The van der Waals surface area contributed by atoms with Crippen molar-refractivity contribution in [1.29, 1.82) is 0 Å². The minimum absolute atomic E-state index is 0.131. The molecule has 2 N–H and O–H groups in total. The highest BCUT2D eigenvalue weighted by atomic mass is 16.5. The number of anilines is 1. The number of hydrogen-bond donors (Lipinski definition) is 1. The molecule has 2 rings (SSSR count). The Balaban J connectivity index is 2.23. The van der Waals surface area contributed by atoms with Crippen molar-refractivity contribution < 1.29 is 14.3 Å². The minimum Gasteiger partial charge on any atom is -0.497 e. The number of nitrogens with two attached hydrogens (primary N) is 1. The molecule has 4 heteroatoms. The van der Waals surface area contributed by atoms with Crippen molar-refractivity contribution in [3.05, 3.63) is 53.6 Å². The van der Waals surface area contributed by atoms with Gasteiger partial charge in [0.2, 0.25) is 0 Å². The summed E-state index contributed by atoms with van der Waals surface area (Å²) in [4.78, 5) is 12.5. The van der Waals surface area contributed by atoms with E-state index in [9.17, 15) is 4.79 Å². The van der Waals surface area contributed by atoms with Crippen LogP contribution in [0, 0.1) is 0 Å². The number of carbonyl (C=O) groups excluding carboxylic acids is 1. The maximum Gasteiger partial charge on any atom is 0.195 e. The third-order valence-corrected chi connectivity index (χ3v) is 3.09. The van der Waals surface area contributed by atoms with E-state index in [2.05, 4.69) is 0 Å². The van der Waals surface area contributed by atoms with E-state index in [-0.39, 0.29) is 5.78 Å². The molecular formula is C17H19NO3. The average molecular weight is 285 g/mol. The molecule has 21 heavy (non-hydrogen) atoms. The Morgan fingerprint density at radius 2 is 1.76 bits per heavy atom. The van der Waals surface area contributed by atoms with Gasteiger partial charge in [0.05, 0.1) is 13.7 Å². The Labute approximate surface area is 124 Å². The second kappa shape index (κ2) is 6.79. The Morgan fingerprint density at radius 3 is 2.38 bits per heavy atom. The molecule has 0 radical (unpaired) electrons. The van der Waals surface area contributed by atoms with E-state index in [4.69, 9.17) is 15.2 Å². The highest BCUT2D eigenvalue weighted by Gasteiger charge is 2.13. The molecule has 0 aliphatic heterocycles. The fraction of sp³-hybridized carbons (Fsp3) is 0.235. The maximum atomic E-state index is 12.5. The molecule has 0 unspecified atom stereocenters. The molecule has 0 aromatic heterocycles. The number of carbonyl (C=O) groups is 1. The molecule has 0 aliphatic carbocycles. The Kier molecular flexibility index (Phi) is 4.82. The van der Waals surface area contributed by atoms with Gasteiger partial charge >= 0.3 is 0 Å². The zero-order valence-electron chi connectivity index (χ0n) is 12.3. The van der Waals surface area contributed by atoms with Crippen LogP contribution < -0.4 is 15.2 Å². The van der Waals surface area contributed by atoms with Crippen LogP contribution in [0.15, 0.2) is 42.5 Å². The molecule has 0 spiro atoms. The lowest BCUT2D eigenvalue weighted by molar-refractivity contribution is 0.103. The molecule has 0 heterocycles. The van der Waals surface area contributed by atoms with Gasteiger partial charge in [-0.15, -0.1) is 0 Å². The van der Waals surface area contributed by atoms with Crippen LogP contribution >= 0.6 is 0 Å². The van der Waals surface area contributed by atoms with Gasteiger partial charge in [-0.1, -0.05) is 6.92 Å². The van der Waals surface area contributed by atoms with Crippen LogP contribution in [0.1, 0.15) is 29.3 Å². The third-order valence-electron chi connectivity index (χ3n) is 3.09. The van der Waals surface area contributed by atoms with Crippen LogP contribution in [0.3, 0.4) is 0 Å². The maximum absolute atomic E-state index is 12.5. The van der Waals surface area contributed by atoms with Gasteiger partial charge in [0.25, 0.3) is 0 Å². The van der Waals surface area contributed by atoms with Crippen molar-refractivity contribution in [2.75, 3.05) is 19.5 Å². The van der Waals surface area contributed by atoms with Gasteiger partial charge in [-0.2, -0.15) is 0 Å². The predicted octanol–water partition coefficient (Wildman–Crippen LogP) is 3.30. The van der Waals surface area contributed by atoms with E-state index < -0.39 is 0 Å². The number of hydrogen-bond acceptors (Lipinski definition) is 4. The number of benzene rings is 2. The normalized spacial score (nSPS) is 10.2. The zero-order valence-corrected chi connectivity index (χ0v) is 12.3. The number of nitrogen functional groups attached to an aromatic ring is 1. The van der Waals surface area contributed by atoms with Gasteiger partial charge in [-0.05, 0) is 48.9 Å². The van der Waals surface area contributed by atoms with E-state index in [0.717, 1.165) is 12.2 Å². The second-order valence-corrected chi connectivity index (χ2v) is 4.66. The summed E-state index contributed by atoms with van der Waals surface area (Å²) < 4.78 is 10.6. The summed E-state index contributed by atoms with van der Waals surface area (Å²) in [5.41, 5.74) is 7.32. The summed E-state index contributed by atoms with van der Waals surface area (Å²) in [7, 11) is 1.56. The first kappa shape index (κ1) is 14.9. The van der Waals surface area contributed by atoms with Crippen LogP contribution in [0.4, 0.5) is 5.69 Å². The zero-order chi connectivity index (χ0) is 15.2. The molecule has 2 aromatic carbocycles. The van der Waals surface area contributed by atoms with Gasteiger partial charge in [0, 0.05) is 16.8 Å². The monoisotopic (exact) mass is 285 g/mol. The standard InChI is InChI=1S/C17H19NO3/c1-3-10-21-13-6-4-12(5-7-13)17(19)15-11-14(20-2)8-9-16(15)18/h4-9,11H,3,10,18H2,1-2H3. The predicted molar refractivity (Wildman–Crippen MR) is 83.1 cm³/mol. The lowest BCUT2D eigenvalue weighted by atomic mass is 10.0. The fourth-order valence-electron chi connectivity index (χ4n) is 1.94. The van der Waals surface area contributed by atoms with Crippen LogP contribution in [-0.4, -0.2) is 19.5 Å². The van der Waals surface area contributed by atoms with E-state index in [1.54, 1.807) is 49.6 Å². The Hall–Kier alpha value is -2.49. The first-order chi connectivity index (χ1) is 10.2. The van der Waals surface area contributed by atoms with Crippen LogP contribution in [0.2, 0.25) is 0 Å². The highest BCUT2D eigenvalue weighted by Crippen LogP contribution is 2.23. The quantitative estimate of drug-likeness (QED) is 0.653. The van der Waals surface area contributed by atoms with Gasteiger partial charge in [0.1, 0.15) is 11.5 Å². The number of methoxy groups -OCH3 is 1. The Bertz CT molecular complexity index is 620. The third kappa shape index (κ3) is 3.54. The van der Waals surface area contributed by atoms with Crippen LogP contribution in [0.5, 0.6) is 11.5 Å². The number of rotatable bonds is 6. The molecule has 0 atom stereocenters. The van der Waals surface area contributed by atoms with Crippen molar-refractivity contribution in [2.45, 2.75) is 13.3 Å². The summed E-state index contributed by atoms with van der Waals surface area (Å²) in [6.45, 7) is 2.71. The van der Waals surface area contributed by atoms with Crippen LogP contribution in [-0.2, 0) is 0 Å². The van der Waals surface area contributed by atoms with E-state index in [1.807, 2.05) is 6.92 Å². The van der Waals surface area contributed by atoms with Crippen molar-refractivity contribution in [3.8, 4) is 11.5 Å². The summed E-state index contributed by atoms with van der Waals surface area (Å²) in [5, 5.41) is 0. The van der Waals surface area contributed by atoms with Crippen LogP contribution in [0.25, 0.3) is 0 Å². The largest absolute Gasteiger partial charge is 0.497 e. The molecular weight excluding hydrogens is 266 g/mol. The molecule has 4 nitrogen and oxygen atoms in total. The van der Waals surface area contributed by atoms with E-state index in [0.29, 0.717) is 29.2 Å². The van der Waals surface area contributed by atoms with E-state index >= 15 is 0 Å². The topological polar surface area (TPSA) is 61.5 Å². The van der Waals surface area contributed by atoms with Gasteiger partial charge in [-0.25, -0.2) is 0 Å². The van der Waals surface area contributed by atoms with Gasteiger partial charge in [-0.3, -0.25) is 4.79 Å². The SMILES string of the molecule is CCCOc1ccc(C(=O)c2cc(OC)ccc2N)cc1.